The molecule has 0 aliphatic heterocycles. The van der Waals surface area contributed by atoms with Crippen LogP contribution >= 0.6 is 11.6 Å². The van der Waals surface area contributed by atoms with Crippen molar-refractivity contribution in [2.75, 3.05) is 19.7 Å². The van der Waals surface area contributed by atoms with Gasteiger partial charge in [-0.15, -0.1) is 0 Å². The summed E-state index contributed by atoms with van der Waals surface area (Å²) in [6.07, 6.45) is 0. The van der Waals surface area contributed by atoms with Crippen LogP contribution in [0, 0.1) is 0 Å². The van der Waals surface area contributed by atoms with Crippen LogP contribution in [-0.2, 0) is 26.1 Å². The quantitative estimate of drug-likeness (QED) is 0.607. The summed E-state index contributed by atoms with van der Waals surface area (Å²) in [4.78, 5) is 23.9. The number of hydrogen-bond acceptors (Lipinski definition) is 5. The Kier molecular flexibility index (Phi) is 8.19. The third-order valence-electron chi connectivity index (χ3n) is 4.08. The summed E-state index contributed by atoms with van der Waals surface area (Å²) in [5.74, 6) is -0.945. The molecule has 0 saturated heterocycles. The van der Waals surface area contributed by atoms with Crippen LogP contribution in [-0.4, -0.2) is 44.3 Å². The standard InChI is InChI=1S/C20H23ClN2O5S/c1-3-23(14-19(24)22-13-15-5-9-17(21)10-6-15)29(26,27)18-11-7-16(8-12-18)20(25)28-4-2/h5-12H,3-4,13-14H2,1-2H3,(H,22,24). The molecule has 0 fully saturated rings. The third kappa shape index (κ3) is 6.28. The lowest BCUT2D eigenvalue weighted by molar-refractivity contribution is -0.121. The number of rotatable bonds is 9. The van der Waals surface area contributed by atoms with E-state index in [0.29, 0.717) is 5.02 Å². The first-order chi connectivity index (χ1) is 13.8. The van der Waals surface area contributed by atoms with Crippen LogP contribution in [0.2, 0.25) is 5.02 Å². The Morgan fingerprint density at radius 3 is 2.21 bits per heavy atom. The molecule has 29 heavy (non-hydrogen) atoms. The maximum absolute atomic E-state index is 12.8. The Morgan fingerprint density at radius 2 is 1.66 bits per heavy atom. The largest absolute Gasteiger partial charge is 0.462 e. The highest BCUT2D eigenvalue weighted by atomic mass is 35.5. The number of ether oxygens (including phenoxy) is 1. The minimum Gasteiger partial charge on any atom is -0.462 e. The number of nitrogens with one attached hydrogen (secondary N) is 1. The zero-order valence-corrected chi connectivity index (χ0v) is 17.8. The average molecular weight is 439 g/mol. The van der Waals surface area contributed by atoms with Gasteiger partial charge in [-0.1, -0.05) is 30.7 Å². The van der Waals surface area contributed by atoms with Crippen LogP contribution in [0.5, 0.6) is 0 Å². The molecule has 0 aliphatic rings. The molecular formula is C20H23ClN2O5S. The van der Waals surface area contributed by atoms with Crippen molar-refractivity contribution in [3.63, 3.8) is 0 Å². The van der Waals surface area contributed by atoms with Crippen molar-refractivity contribution < 1.29 is 22.7 Å². The highest BCUT2D eigenvalue weighted by Crippen LogP contribution is 2.17. The number of hydrogen-bond donors (Lipinski definition) is 1. The van der Waals surface area contributed by atoms with E-state index in [1.54, 1.807) is 38.1 Å². The van der Waals surface area contributed by atoms with E-state index in [9.17, 15) is 18.0 Å². The van der Waals surface area contributed by atoms with Crippen LogP contribution < -0.4 is 5.32 Å². The van der Waals surface area contributed by atoms with Crippen LogP contribution in [0.15, 0.2) is 53.4 Å². The van der Waals surface area contributed by atoms with Crippen molar-refractivity contribution >= 4 is 33.5 Å². The van der Waals surface area contributed by atoms with Crippen molar-refractivity contribution in [2.24, 2.45) is 0 Å². The SMILES string of the molecule is CCOC(=O)c1ccc(S(=O)(=O)N(CC)CC(=O)NCc2ccc(Cl)cc2)cc1. The van der Waals surface area contributed by atoms with E-state index in [1.807, 2.05) is 0 Å². The molecule has 0 aromatic heterocycles. The molecule has 9 heteroatoms. The van der Waals surface area contributed by atoms with Crippen LogP contribution in [0.4, 0.5) is 0 Å². The summed E-state index contributed by atoms with van der Waals surface area (Å²) in [6.45, 7) is 3.64. The molecule has 156 valence electrons. The fourth-order valence-corrected chi connectivity index (χ4v) is 4.04. The number of sulfonamides is 1. The number of benzene rings is 2. The number of carbonyl (C=O) groups is 2. The molecule has 2 rings (SSSR count). The van der Waals surface area contributed by atoms with Crippen LogP contribution in [0.1, 0.15) is 29.8 Å². The summed E-state index contributed by atoms with van der Waals surface area (Å²) in [6, 6.07) is 12.4. The van der Waals surface area contributed by atoms with Crippen LogP contribution in [0.25, 0.3) is 0 Å². The van der Waals surface area contributed by atoms with Crippen molar-refractivity contribution in [1.29, 1.82) is 0 Å². The molecule has 0 bridgehead atoms. The lowest BCUT2D eigenvalue weighted by Crippen LogP contribution is -2.40. The fourth-order valence-electron chi connectivity index (χ4n) is 2.51. The first-order valence-electron chi connectivity index (χ1n) is 9.06. The number of carbonyl (C=O) groups excluding carboxylic acids is 2. The van der Waals surface area contributed by atoms with Crippen molar-refractivity contribution in [2.45, 2.75) is 25.3 Å². The second-order valence-corrected chi connectivity index (χ2v) is 8.45. The van der Waals surface area contributed by atoms with E-state index in [2.05, 4.69) is 5.32 Å². The zero-order chi connectivity index (χ0) is 21.4. The molecule has 1 N–H and O–H groups in total. The predicted octanol–water partition coefficient (Wildman–Crippen LogP) is 2.84. The summed E-state index contributed by atoms with van der Waals surface area (Å²) in [7, 11) is -3.89. The third-order valence-corrected chi connectivity index (χ3v) is 6.27. The molecule has 0 spiro atoms. The van der Waals surface area contributed by atoms with Gasteiger partial charge < -0.3 is 10.1 Å². The van der Waals surface area contributed by atoms with Gasteiger partial charge in [-0.2, -0.15) is 4.31 Å². The van der Waals surface area contributed by atoms with Gasteiger partial charge in [-0.05, 0) is 48.9 Å². The summed E-state index contributed by atoms with van der Waals surface area (Å²) >= 11 is 5.83. The van der Waals surface area contributed by atoms with Gasteiger partial charge in [0.05, 0.1) is 23.6 Å². The molecule has 0 saturated carbocycles. The Labute approximate surface area is 175 Å². The Morgan fingerprint density at radius 1 is 1.03 bits per heavy atom. The Bertz CT molecular complexity index is 944. The minimum absolute atomic E-state index is 0.00194. The van der Waals surface area contributed by atoms with Gasteiger partial charge >= 0.3 is 5.97 Å². The van der Waals surface area contributed by atoms with E-state index in [4.69, 9.17) is 16.3 Å². The van der Waals surface area contributed by atoms with Gasteiger partial charge in [0.15, 0.2) is 0 Å². The van der Waals surface area contributed by atoms with E-state index in [-0.39, 0.29) is 36.7 Å². The normalized spacial score (nSPS) is 11.3. The average Bonchev–Trinajstić information content (AvgIpc) is 2.71. The molecule has 0 heterocycles. The Balaban J connectivity index is 2.03. The molecule has 1 amide bonds. The smallest absolute Gasteiger partial charge is 0.338 e. The first kappa shape index (κ1) is 22.9. The molecule has 7 nitrogen and oxygen atoms in total. The first-order valence-corrected chi connectivity index (χ1v) is 10.9. The highest BCUT2D eigenvalue weighted by Gasteiger charge is 2.25. The highest BCUT2D eigenvalue weighted by molar-refractivity contribution is 7.89. The molecular weight excluding hydrogens is 416 g/mol. The van der Waals surface area contributed by atoms with Gasteiger partial charge in [0.1, 0.15) is 0 Å². The second kappa shape index (κ2) is 10.4. The van der Waals surface area contributed by atoms with Crippen molar-refractivity contribution in [1.82, 2.24) is 9.62 Å². The monoisotopic (exact) mass is 438 g/mol. The van der Waals surface area contributed by atoms with E-state index >= 15 is 0 Å². The lowest BCUT2D eigenvalue weighted by Gasteiger charge is -2.20. The topological polar surface area (TPSA) is 92.8 Å². The Hall–Kier alpha value is -2.42. The molecule has 0 unspecified atom stereocenters. The summed E-state index contributed by atoms with van der Waals surface area (Å²) in [5, 5.41) is 3.29. The van der Waals surface area contributed by atoms with Gasteiger partial charge in [0.25, 0.3) is 0 Å². The fraction of sp³-hybridized carbons (Fsp3) is 0.300. The van der Waals surface area contributed by atoms with Crippen molar-refractivity contribution in [3.05, 3.63) is 64.7 Å². The predicted molar refractivity (Wildman–Crippen MR) is 110 cm³/mol. The molecule has 0 radical (unpaired) electrons. The summed E-state index contributed by atoms with van der Waals surface area (Å²) < 4.78 is 31.6. The maximum Gasteiger partial charge on any atom is 0.338 e. The van der Waals surface area contributed by atoms with E-state index < -0.39 is 21.9 Å². The molecule has 0 atom stereocenters. The van der Waals surface area contributed by atoms with E-state index in [1.165, 1.54) is 24.3 Å². The molecule has 2 aromatic rings. The minimum atomic E-state index is -3.89. The van der Waals surface area contributed by atoms with Gasteiger partial charge in [-0.25, -0.2) is 13.2 Å². The number of nitrogens with zero attached hydrogens (tertiary/aromatic N) is 1. The van der Waals surface area contributed by atoms with Gasteiger partial charge in [-0.3, -0.25) is 4.79 Å². The summed E-state index contributed by atoms with van der Waals surface area (Å²) in [5.41, 5.74) is 1.11. The number of halogens is 1. The van der Waals surface area contributed by atoms with Gasteiger partial charge in [0, 0.05) is 18.1 Å². The molecule has 2 aromatic carbocycles. The number of likely N-dealkylation sites (N-methyl/N-ethyl adjacent to an activating group) is 1. The second-order valence-electron chi connectivity index (χ2n) is 6.08. The van der Waals surface area contributed by atoms with Gasteiger partial charge in [0.2, 0.25) is 15.9 Å². The van der Waals surface area contributed by atoms with E-state index in [0.717, 1.165) is 9.87 Å². The van der Waals surface area contributed by atoms with Crippen molar-refractivity contribution in [3.8, 4) is 0 Å². The maximum atomic E-state index is 12.8. The number of esters is 1. The zero-order valence-electron chi connectivity index (χ0n) is 16.2. The molecule has 0 aliphatic carbocycles. The lowest BCUT2D eigenvalue weighted by atomic mass is 10.2. The van der Waals surface area contributed by atoms with Crippen LogP contribution in [0.3, 0.4) is 0 Å². The number of amides is 1.